The van der Waals surface area contributed by atoms with Crippen LogP contribution in [0.25, 0.3) is 0 Å². The SMILES string of the molecule is CCCC[Se]12OCc3cccc(c31)CO2. The van der Waals surface area contributed by atoms with Crippen LogP contribution in [-0.2, 0) is 20.9 Å². The molecule has 15 heavy (non-hydrogen) atoms. The Labute approximate surface area is 93.5 Å². The molecule has 0 saturated carbocycles. The average molecular weight is 271 g/mol. The fourth-order valence-electron chi connectivity index (χ4n) is 2.29. The van der Waals surface area contributed by atoms with Gasteiger partial charge in [-0.1, -0.05) is 0 Å². The van der Waals surface area contributed by atoms with Crippen LogP contribution in [0.4, 0.5) is 0 Å². The molecule has 2 nitrogen and oxygen atoms in total. The summed E-state index contributed by atoms with van der Waals surface area (Å²) in [5.74, 6) is 0. The summed E-state index contributed by atoms with van der Waals surface area (Å²) in [6.45, 7) is 3.80. The second-order valence-corrected chi connectivity index (χ2v) is 9.38. The molecule has 0 N–H and O–H groups in total. The van der Waals surface area contributed by atoms with Crippen molar-refractivity contribution in [2.24, 2.45) is 0 Å². The van der Waals surface area contributed by atoms with Gasteiger partial charge in [0.05, 0.1) is 0 Å². The summed E-state index contributed by atoms with van der Waals surface area (Å²) in [6, 6.07) is 6.51. The predicted octanol–water partition coefficient (Wildman–Crippen LogP) is 2.20. The first-order valence-corrected chi connectivity index (χ1v) is 9.03. The van der Waals surface area contributed by atoms with Gasteiger partial charge in [-0.3, -0.25) is 0 Å². The summed E-state index contributed by atoms with van der Waals surface area (Å²) in [5, 5.41) is 1.15. The van der Waals surface area contributed by atoms with Crippen molar-refractivity contribution in [2.75, 3.05) is 0 Å². The molecule has 0 aromatic heterocycles. The van der Waals surface area contributed by atoms with E-state index in [2.05, 4.69) is 25.1 Å². The Morgan fingerprint density at radius 1 is 1.20 bits per heavy atom. The third kappa shape index (κ3) is 1.38. The molecule has 0 bridgehead atoms. The van der Waals surface area contributed by atoms with Crippen LogP contribution >= 0.6 is 0 Å². The fraction of sp³-hybridized carbons (Fsp3) is 0.500. The summed E-state index contributed by atoms with van der Waals surface area (Å²) >= 11 is -2.15. The van der Waals surface area contributed by atoms with Crippen molar-refractivity contribution in [3.05, 3.63) is 29.3 Å². The molecule has 2 heterocycles. The molecule has 82 valence electrons. The van der Waals surface area contributed by atoms with E-state index in [9.17, 15) is 0 Å². The van der Waals surface area contributed by atoms with Gasteiger partial charge < -0.3 is 0 Å². The summed E-state index contributed by atoms with van der Waals surface area (Å²) in [6.07, 6.45) is 2.46. The van der Waals surface area contributed by atoms with Crippen LogP contribution in [0.5, 0.6) is 0 Å². The van der Waals surface area contributed by atoms with Gasteiger partial charge >= 0.3 is 93.2 Å². The van der Waals surface area contributed by atoms with Gasteiger partial charge in [0.2, 0.25) is 0 Å². The Hall–Kier alpha value is -0.341. The first-order valence-electron chi connectivity index (χ1n) is 5.56. The van der Waals surface area contributed by atoms with E-state index in [-0.39, 0.29) is 0 Å². The Bertz CT molecular complexity index is 363. The van der Waals surface area contributed by atoms with Gasteiger partial charge in [-0.2, -0.15) is 0 Å². The Balaban J connectivity index is 2.01. The van der Waals surface area contributed by atoms with Crippen molar-refractivity contribution in [1.29, 1.82) is 0 Å². The van der Waals surface area contributed by atoms with Crippen LogP contribution in [0.1, 0.15) is 30.9 Å². The third-order valence-corrected chi connectivity index (χ3v) is 9.30. The molecule has 3 rings (SSSR count). The second kappa shape index (κ2) is 3.60. The van der Waals surface area contributed by atoms with Gasteiger partial charge in [-0.05, 0) is 0 Å². The van der Waals surface area contributed by atoms with E-state index >= 15 is 0 Å². The van der Waals surface area contributed by atoms with Gasteiger partial charge in [0.15, 0.2) is 0 Å². The summed E-state index contributed by atoms with van der Waals surface area (Å²) in [7, 11) is 0. The molecule has 2 aliphatic rings. The summed E-state index contributed by atoms with van der Waals surface area (Å²) in [4.78, 5) is 0. The number of unbranched alkanes of at least 4 members (excludes halogenated alkanes) is 1. The number of rotatable bonds is 3. The standard InChI is InChI=1S/C12H16O2Se/c1-2-3-7-15-12-10(8-13-15)5-4-6-11(12)9-14-15/h4-6H,2-3,7-9H2,1H3. The van der Waals surface area contributed by atoms with E-state index in [1.165, 1.54) is 28.4 Å². The first kappa shape index (κ1) is 9.86. The average Bonchev–Trinajstić information content (AvgIpc) is 2.81. The van der Waals surface area contributed by atoms with Crippen molar-refractivity contribution in [3.63, 3.8) is 0 Å². The molecular weight excluding hydrogens is 255 g/mol. The Morgan fingerprint density at radius 2 is 1.87 bits per heavy atom. The van der Waals surface area contributed by atoms with Crippen molar-refractivity contribution < 1.29 is 7.64 Å². The topological polar surface area (TPSA) is 18.5 Å². The second-order valence-electron chi connectivity index (χ2n) is 4.10. The summed E-state index contributed by atoms with van der Waals surface area (Å²) in [5.41, 5.74) is 2.78. The molecule has 0 aliphatic carbocycles. The van der Waals surface area contributed by atoms with Gasteiger partial charge in [-0.15, -0.1) is 0 Å². The molecule has 0 spiro atoms. The molecule has 1 aromatic carbocycles. The molecular formula is C12H16O2Se. The molecule has 3 heteroatoms. The van der Waals surface area contributed by atoms with Crippen LogP contribution in [0.3, 0.4) is 0 Å². The van der Waals surface area contributed by atoms with Gasteiger partial charge in [0, 0.05) is 0 Å². The van der Waals surface area contributed by atoms with Crippen LogP contribution in [-0.4, -0.2) is 13.5 Å². The third-order valence-electron chi connectivity index (χ3n) is 3.07. The van der Waals surface area contributed by atoms with E-state index in [4.69, 9.17) is 7.64 Å². The number of benzene rings is 1. The van der Waals surface area contributed by atoms with Crippen LogP contribution in [0.2, 0.25) is 5.32 Å². The zero-order chi connectivity index (χ0) is 10.3. The zero-order valence-corrected chi connectivity index (χ0v) is 10.7. The van der Waals surface area contributed by atoms with Gasteiger partial charge in [0.25, 0.3) is 0 Å². The molecule has 0 atom stereocenters. The van der Waals surface area contributed by atoms with Gasteiger partial charge in [0.1, 0.15) is 0 Å². The quantitative estimate of drug-likeness (QED) is 0.785. The van der Waals surface area contributed by atoms with E-state index in [0.717, 1.165) is 18.5 Å². The first-order chi connectivity index (χ1) is 7.36. The molecule has 1 aromatic rings. The Morgan fingerprint density at radius 3 is 2.47 bits per heavy atom. The number of hydrogen-bond donors (Lipinski definition) is 0. The molecule has 0 unspecified atom stereocenters. The van der Waals surface area contributed by atoms with E-state index in [1.807, 2.05) is 0 Å². The van der Waals surface area contributed by atoms with E-state index in [0.29, 0.717) is 0 Å². The predicted molar refractivity (Wildman–Crippen MR) is 61.1 cm³/mol. The minimum absolute atomic E-state index is 0.785. The minimum atomic E-state index is -2.15. The normalized spacial score (nSPS) is 22.7. The van der Waals surface area contributed by atoms with Crippen LogP contribution < -0.4 is 4.46 Å². The molecule has 2 aliphatic heterocycles. The van der Waals surface area contributed by atoms with Crippen molar-refractivity contribution >= 4 is 18.0 Å². The van der Waals surface area contributed by atoms with E-state index < -0.39 is 13.5 Å². The van der Waals surface area contributed by atoms with Crippen molar-refractivity contribution in [1.82, 2.24) is 0 Å². The van der Waals surface area contributed by atoms with Crippen LogP contribution in [0, 0.1) is 0 Å². The molecule has 0 radical (unpaired) electrons. The fourth-order valence-corrected chi connectivity index (χ4v) is 8.79. The molecule has 0 saturated heterocycles. The summed E-state index contributed by atoms with van der Waals surface area (Å²) < 4.78 is 13.6. The van der Waals surface area contributed by atoms with Crippen molar-refractivity contribution in [3.8, 4) is 0 Å². The Kier molecular flexibility index (Phi) is 2.37. The maximum atomic E-state index is 6.05. The van der Waals surface area contributed by atoms with Gasteiger partial charge in [-0.25, -0.2) is 0 Å². The molecule has 0 fully saturated rings. The monoisotopic (exact) mass is 272 g/mol. The van der Waals surface area contributed by atoms with Crippen molar-refractivity contribution in [2.45, 2.75) is 38.3 Å². The zero-order valence-electron chi connectivity index (χ0n) is 8.99. The maximum absolute atomic E-state index is 6.05. The number of hydrogen-bond acceptors (Lipinski definition) is 2. The van der Waals surface area contributed by atoms with Crippen LogP contribution in [0.15, 0.2) is 18.2 Å². The van der Waals surface area contributed by atoms with E-state index in [1.54, 1.807) is 0 Å². The molecule has 0 amide bonds.